The van der Waals surface area contributed by atoms with Crippen molar-refractivity contribution >= 4 is 17.6 Å². The van der Waals surface area contributed by atoms with Crippen molar-refractivity contribution in [2.45, 2.75) is 65.3 Å². The number of benzene rings is 2. The lowest BCUT2D eigenvalue weighted by Crippen LogP contribution is -2.45. The van der Waals surface area contributed by atoms with Gasteiger partial charge < -0.3 is 9.47 Å². The Balaban J connectivity index is 1.22. The third-order valence-corrected chi connectivity index (χ3v) is 6.70. The van der Waals surface area contributed by atoms with Crippen LogP contribution in [0, 0.1) is 11.8 Å². The Hall–Kier alpha value is -3.53. The number of ether oxygens (including phenoxy) is 2. The van der Waals surface area contributed by atoms with Crippen LogP contribution in [0.25, 0.3) is 0 Å². The molecule has 0 amide bonds. The number of carbonyl (C=O) groups is 1. The van der Waals surface area contributed by atoms with Crippen molar-refractivity contribution in [2.24, 2.45) is 0 Å². The number of hydrogen-bond donors (Lipinski definition) is 1. The number of carbonyl (C=O) groups excluding carboxylic acids is 1. The second kappa shape index (κ2) is 13.5. The minimum absolute atomic E-state index is 0.0298. The molecule has 0 fully saturated rings. The second-order valence-electron chi connectivity index (χ2n) is 9.67. The molecule has 0 spiro atoms. The van der Waals surface area contributed by atoms with Gasteiger partial charge in [-0.1, -0.05) is 54.1 Å². The number of hydrogen-bond acceptors (Lipinski definition) is 6. The van der Waals surface area contributed by atoms with E-state index in [1.807, 2.05) is 75.4 Å². The molecule has 1 aromatic heterocycles. The number of nitrogens with one attached hydrogen (secondary N) is 1. The van der Waals surface area contributed by atoms with Crippen LogP contribution in [0.2, 0.25) is 5.02 Å². The zero-order valence-electron chi connectivity index (χ0n) is 22.4. The summed E-state index contributed by atoms with van der Waals surface area (Å²) in [6.45, 7) is 6.73. The molecule has 1 aliphatic heterocycles. The van der Waals surface area contributed by atoms with E-state index in [2.05, 4.69) is 10.6 Å². The number of nitrogens with zero attached hydrogens (tertiary/aromatic N) is 3. The van der Waals surface area contributed by atoms with Crippen LogP contribution in [-0.2, 0) is 27.5 Å². The molecule has 0 aliphatic carbocycles. The molecular formula is C29H34ClN4O5+. The quantitative estimate of drug-likeness (QED) is 0.123. The van der Waals surface area contributed by atoms with Crippen LogP contribution in [0.1, 0.15) is 67.2 Å². The van der Waals surface area contributed by atoms with Gasteiger partial charge in [0.25, 0.3) is 4.98 Å². The van der Waals surface area contributed by atoms with Gasteiger partial charge in [-0.05, 0) is 56.9 Å². The van der Waals surface area contributed by atoms with Crippen LogP contribution in [-0.4, -0.2) is 33.6 Å². The monoisotopic (exact) mass is 553 g/mol. The SMILES string of the molecule is Cc1ncc2c(c1OC(=O)CCCCON[N+](=O)N(Cc1ccccc1)C(C)C)CO[C@H]2c1ccc(Cl)cc1. The van der Waals surface area contributed by atoms with E-state index < -0.39 is 0 Å². The largest absolute Gasteiger partial charge is 0.424 e. The Morgan fingerprint density at radius 2 is 1.92 bits per heavy atom. The first-order chi connectivity index (χ1) is 18.8. The normalized spacial score (nSPS) is 14.2. The molecule has 39 heavy (non-hydrogen) atoms. The first-order valence-electron chi connectivity index (χ1n) is 13.0. The van der Waals surface area contributed by atoms with E-state index in [-0.39, 0.29) is 31.1 Å². The number of aryl methyl sites for hydroxylation is 1. The lowest BCUT2D eigenvalue weighted by molar-refractivity contribution is -0.796. The molecule has 1 atom stereocenters. The van der Waals surface area contributed by atoms with Crippen molar-refractivity contribution in [3.63, 3.8) is 0 Å². The number of hydrazine groups is 2. The van der Waals surface area contributed by atoms with Crippen molar-refractivity contribution in [1.29, 1.82) is 0 Å². The molecule has 4 rings (SSSR count). The van der Waals surface area contributed by atoms with E-state index in [9.17, 15) is 9.70 Å². The van der Waals surface area contributed by atoms with Crippen LogP contribution in [0.5, 0.6) is 5.75 Å². The number of rotatable bonds is 13. The molecule has 0 radical (unpaired) electrons. The summed E-state index contributed by atoms with van der Waals surface area (Å²) in [5.41, 5.74) is 6.77. The summed E-state index contributed by atoms with van der Waals surface area (Å²) < 4.78 is 11.7. The summed E-state index contributed by atoms with van der Waals surface area (Å²) in [6.07, 6.45) is 2.82. The molecule has 9 nitrogen and oxygen atoms in total. The third-order valence-electron chi connectivity index (χ3n) is 6.45. The van der Waals surface area contributed by atoms with Gasteiger partial charge in [-0.15, -0.1) is 5.01 Å². The summed E-state index contributed by atoms with van der Waals surface area (Å²) in [7, 11) is 0. The summed E-state index contributed by atoms with van der Waals surface area (Å²) in [6, 6.07) is 17.2. The number of halogens is 1. The highest BCUT2D eigenvalue weighted by atomic mass is 35.5. The van der Waals surface area contributed by atoms with Crippen LogP contribution in [0.4, 0.5) is 0 Å². The zero-order valence-corrected chi connectivity index (χ0v) is 23.2. The predicted octanol–water partition coefficient (Wildman–Crippen LogP) is 5.78. The van der Waals surface area contributed by atoms with Crippen molar-refractivity contribution in [1.82, 2.24) is 15.6 Å². The average Bonchev–Trinajstić information content (AvgIpc) is 3.36. The maximum Gasteiger partial charge on any atom is 0.311 e. The van der Waals surface area contributed by atoms with Crippen LogP contribution in [0.15, 0.2) is 60.8 Å². The van der Waals surface area contributed by atoms with Crippen molar-refractivity contribution in [3.05, 3.63) is 98.7 Å². The van der Waals surface area contributed by atoms with E-state index >= 15 is 0 Å². The number of fused-ring (bicyclic) bond motifs is 1. The number of nitroso groups, excluding NO2 is 1. The second-order valence-corrected chi connectivity index (χ2v) is 10.1. The van der Waals surface area contributed by atoms with Gasteiger partial charge in [-0.2, -0.15) is 0 Å². The van der Waals surface area contributed by atoms with Gasteiger partial charge in [0.15, 0.2) is 5.75 Å². The first-order valence-corrected chi connectivity index (χ1v) is 13.4. The number of pyridine rings is 1. The van der Waals surface area contributed by atoms with Gasteiger partial charge in [0.2, 0.25) is 0 Å². The molecule has 206 valence electrons. The van der Waals surface area contributed by atoms with E-state index in [0.29, 0.717) is 47.4 Å². The van der Waals surface area contributed by atoms with Crippen molar-refractivity contribution < 1.29 is 24.1 Å². The van der Waals surface area contributed by atoms with Crippen LogP contribution < -0.4 is 10.3 Å². The Morgan fingerprint density at radius 3 is 2.64 bits per heavy atom. The van der Waals surface area contributed by atoms with Gasteiger partial charge in [-0.25, -0.2) is 4.84 Å². The van der Waals surface area contributed by atoms with Crippen LogP contribution >= 0.6 is 11.6 Å². The highest BCUT2D eigenvalue weighted by Gasteiger charge is 2.30. The molecule has 10 heteroatoms. The summed E-state index contributed by atoms with van der Waals surface area (Å²) >= 11 is 6.02. The van der Waals surface area contributed by atoms with Crippen LogP contribution in [0.3, 0.4) is 0 Å². The number of unbranched alkanes of at least 4 members (excludes halogenated alkanes) is 1. The lowest BCUT2D eigenvalue weighted by atomic mass is 10.0. The molecule has 0 unspecified atom stereocenters. The van der Waals surface area contributed by atoms with E-state index in [1.54, 1.807) is 11.2 Å². The van der Waals surface area contributed by atoms with Crippen molar-refractivity contribution in [3.8, 4) is 5.75 Å². The van der Waals surface area contributed by atoms with E-state index in [0.717, 1.165) is 22.3 Å². The highest BCUT2D eigenvalue weighted by Crippen LogP contribution is 2.41. The fourth-order valence-corrected chi connectivity index (χ4v) is 4.45. The van der Waals surface area contributed by atoms with Gasteiger partial charge in [0.1, 0.15) is 12.6 Å². The number of aromatic nitrogens is 1. The molecule has 1 N–H and O–H groups in total. The molecule has 0 saturated carbocycles. The minimum Gasteiger partial charge on any atom is -0.424 e. The molecule has 2 heterocycles. The van der Waals surface area contributed by atoms with E-state index in [4.69, 9.17) is 25.9 Å². The average molecular weight is 554 g/mol. The Kier molecular flexibility index (Phi) is 9.86. The molecule has 1 aliphatic rings. The Bertz CT molecular complexity index is 1270. The summed E-state index contributed by atoms with van der Waals surface area (Å²) in [4.78, 5) is 35.5. The molecule has 0 saturated heterocycles. The smallest absolute Gasteiger partial charge is 0.311 e. The fraction of sp³-hybridized carbons (Fsp3) is 0.379. The van der Waals surface area contributed by atoms with Gasteiger partial charge >= 0.3 is 5.97 Å². The first kappa shape index (κ1) is 28.5. The topological polar surface area (TPSA) is 93.0 Å². The van der Waals surface area contributed by atoms with Gasteiger partial charge in [0.05, 0.1) is 29.9 Å². The third kappa shape index (κ3) is 7.53. The Labute approximate surface area is 233 Å². The van der Waals surface area contributed by atoms with Gasteiger partial charge in [0, 0.05) is 34.4 Å². The van der Waals surface area contributed by atoms with Gasteiger partial charge in [-0.3, -0.25) is 9.78 Å². The molecule has 3 aromatic rings. The molecular weight excluding hydrogens is 520 g/mol. The maximum atomic E-state index is 12.6. The maximum absolute atomic E-state index is 12.6. The standard InChI is InChI=1S/C29H34ClN4O5/c1-20(2)33(18-22-9-5-4-6-10-22)34(36)32-38-16-8-7-11-27(35)39-28-21(3)31-17-25-26(28)19-37-29(25)23-12-14-24(30)15-13-23/h4-6,9-10,12-15,17,20,29H,7-8,11,16,18-19H2,1-3H3,(H,32,36)/q+1/t29-/m0/s1. The predicted molar refractivity (Wildman–Crippen MR) is 146 cm³/mol. The zero-order chi connectivity index (χ0) is 27.8. The number of esters is 1. The molecule has 2 aromatic carbocycles. The summed E-state index contributed by atoms with van der Waals surface area (Å²) in [5.74, 6) is 0.108. The van der Waals surface area contributed by atoms with E-state index in [1.165, 1.54) is 0 Å². The lowest BCUT2D eigenvalue weighted by Gasteiger charge is -2.17. The Morgan fingerprint density at radius 1 is 1.18 bits per heavy atom. The summed E-state index contributed by atoms with van der Waals surface area (Å²) in [5, 5.41) is 2.27. The molecule has 0 bridgehead atoms. The van der Waals surface area contributed by atoms with Crippen molar-refractivity contribution in [2.75, 3.05) is 6.61 Å². The fourth-order valence-electron chi connectivity index (χ4n) is 4.32. The highest BCUT2D eigenvalue weighted by molar-refractivity contribution is 6.30. The minimum atomic E-state index is -0.351.